The van der Waals surface area contributed by atoms with Crippen molar-refractivity contribution >= 4 is 11.8 Å². The Kier molecular flexibility index (Phi) is 5.14. The van der Waals surface area contributed by atoms with Crippen molar-refractivity contribution in [3.63, 3.8) is 0 Å². The molecule has 1 aliphatic heterocycles. The number of aromatic amines is 1. The van der Waals surface area contributed by atoms with Crippen LogP contribution in [-0.2, 0) is 12.8 Å². The molecule has 2 fully saturated rings. The van der Waals surface area contributed by atoms with Crippen molar-refractivity contribution < 1.29 is 9.59 Å². The van der Waals surface area contributed by atoms with Crippen LogP contribution in [0.25, 0.3) is 0 Å². The highest BCUT2D eigenvalue weighted by molar-refractivity contribution is 5.97. The Morgan fingerprint density at radius 1 is 1.21 bits per heavy atom. The molecule has 1 N–H and O–H groups in total. The second-order valence-electron chi connectivity index (χ2n) is 8.03. The first-order chi connectivity index (χ1) is 14.1. The number of hydrogen-bond acceptors (Lipinski definition) is 3. The predicted molar refractivity (Wildman–Crippen MR) is 109 cm³/mol. The van der Waals surface area contributed by atoms with E-state index in [0.717, 1.165) is 36.8 Å². The van der Waals surface area contributed by atoms with Crippen molar-refractivity contribution in [2.45, 2.75) is 44.6 Å². The van der Waals surface area contributed by atoms with Gasteiger partial charge in [-0.25, -0.2) is 0 Å². The fraction of sp³-hybridized carbons (Fsp3) is 0.435. The highest BCUT2D eigenvalue weighted by Gasteiger charge is 2.49. The van der Waals surface area contributed by atoms with Gasteiger partial charge in [-0.15, -0.1) is 0 Å². The molecule has 1 aromatic heterocycles. The van der Waals surface area contributed by atoms with Crippen LogP contribution in [0.3, 0.4) is 0 Å². The Labute approximate surface area is 171 Å². The van der Waals surface area contributed by atoms with Crippen LogP contribution in [0.1, 0.15) is 58.2 Å². The zero-order chi connectivity index (χ0) is 20.4. The number of hydrogen-bond donors (Lipinski definition) is 1. The fourth-order valence-electron chi connectivity index (χ4n) is 4.53. The summed E-state index contributed by atoms with van der Waals surface area (Å²) < 4.78 is 0. The minimum absolute atomic E-state index is 0.0291. The van der Waals surface area contributed by atoms with Gasteiger partial charge in [0.05, 0.1) is 18.0 Å². The standard InChI is InChI=1S/C23H26N4O2/c1-2-17-14-20(25-15-17)22(29)27-13-12-26(16-23(27)9-5-10-23)21(28)19-7-4-3-6-18(19)8-11-24/h3-4,6-7,14-15,25H,2,5,8-10,12-13,16H2,1H3. The summed E-state index contributed by atoms with van der Waals surface area (Å²) in [5.74, 6) is -0.0104. The van der Waals surface area contributed by atoms with E-state index in [1.165, 1.54) is 0 Å². The zero-order valence-corrected chi connectivity index (χ0v) is 16.8. The molecule has 0 unspecified atom stereocenters. The van der Waals surface area contributed by atoms with Gasteiger partial charge in [-0.2, -0.15) is 5.26 Å². The van der Waals surface area contributed by atoms with Crippen molar-refractivity contribution in [3.8, 4) is 6.07 Å². The van der Waals surface area contributed by atoms with E-state index in [4.69, 9.17) is 5.26 Å². The van der Waals surface area contributed by atoms with Gasteiger partial charge < -0.3 is 14.8 Å². The van der Waals surface area contributed by atoms with E-state index in [-0.39, 0.29) is 23.8 Å². The summed E-state index contributed by atoms with van der Waals surface area (Å²) in [5.41, 5.74) is 2.85. The molecular formula is C23H26N4O2. The number of benzene rings is 1. The highest BCUT2D eigenvalue weighted by atomic mass is 16.2. The lowest BCUT2D eigenvalue weighted by atomic mass is 9.73. The van der Waals surface area contributed by atoms with Gasteiger partial charge in [0.2, 0.25) is 0 Å². The molecule has 2 heterocycles. The summed E-state index contributed by atoms with van der Waals surface area (Å²) in [7, 11) is 0. The normalized spacial score (nSPS) is 17.7. The third kappa shape index (κ3) is 3.42. The number of nitrogens with zero attached hydrogens (tertiary/aromatic N) is 3. The van der Waals surface area contributed by atoms with Gasteiger partial charge in [-0.1, -0.05) is 25.1 Å². The van der Waals surface area contributed by atoms with Crippen LogP contribution in [0.4, 0.5) is 0 Å². The van der Waals surface area contributed by atoms with Gasteiger partial charge in [0, 0.05) is 31.4 Å². The van der Waals surface area contributed by atoms with E-state index in [1.807, 2.05) is 40.3 Å². The van der Waals surface area contributed by atoms with E-state index in [9.17, 15) is 9.59 Å². The van der Waals surface area contributed by atoms with Crippen LogP contribution in [0.5, 0.6) is 0 Å². The van der Waals surface area contributed by atoms with Crippen molar-refractivity contribution in [1.29, 1.82) is 5.26 Å². The predicted octanol–water partition coefficient (Wildman–Crippen LogP) is 3.16. The lowest BCUT2D eigenvalue weighted by Crippen LogP contribution is -2.67. The number of aromatic nitrogens is 1. The van der Waals surface area contributed by atoms with Crippen LogP contribution in [-0.4, -0.2) is 51.8 Å². The van der Waals surface area contributed by atoms with Crippen LogP contribution in [0.15, 0.2) is 36.5 Å². The van der Waals surface area contributed by atoms with Crippen LogP contribution >= 0.6 is 0 Å². The van der Waals surface area contributed by atoms with E-state index >= 15 is 0 Å². The summed E-state index contributed by atoms with van der Waals surface area (Å²) in [6, 6.07) is 11.4. The molecule has 6 nitrogen and oxygen atoms in total. The second-order valence-corrected chi connectivity index (χ2v) is 8.03. The molecule has 29 heavy (non-hydrogen) atoms. The highest BCUT2D eigenvalue weighted by Crippen LogP contribution is 2.41. The summed E-state index contributed by atoms with van der Waals surface area (Å²) in [4.78, 5) is 33.4. The molecule has 0 bridgehead atoms. The van der Waals surface area contributed by atoms with E-state index in [0.29, 0.717) is 30.9 Å². The third-order valence-corrected chi connectivity index (χ3v) is 6.37. The van der Waals surface area contributed by atoms with Gasteiger partial charge >= 0.3 is 0 Å². The molecule has 1 saturated heterocycles. The van der Waals surface area contributed by atoms with E-state index in [1.54, 1.807) is 6.07 Å². The average molecular weight is 390 g/mol. The lowest BCUT2D eigenvalue weighted by Gasteiger charge is -2.55. The monoisotopic (exact) mass is 390 g/mol. The first kappa shape index (κ1) is 19.3. The number of carbonyl (C=O) groups is 2. The molecule has 2 amide bonds. The summed E-state index contributed by atoms with van der Waals surface area (Å²) in [5, 5.41) is 9.07. The lowest BCUT2D eigenvalue weighted by molar-refractivity contribution is -0.0306. The van der Waals surface area contributed by atoms with Gasteiger partial charge in [0.1, 0.15) is 5.69 Å². The molecule has 2 aromatic rings. The average Bonchev–Trinajstić information content (AvgIpc) is 3.21. The third-order valence-electron chi connectivity index (χ3n) is 6.37. The molecule has 4 rings (SSSR count). The Morgan fingerprint density at radius 3 is 2.66 bits per heavy atom. The molecule has 1 spiro atoms. The quantitative estimate of drug-likeness (QED) is 0.871. The largest absolute Gasteiger partial charge is 0.357 e. The molecule has 2 aliphatic rings. The molecule has 150 valence electrons. The molecular weight excluding hydrogens is 364 g/mol. The van der Waals surface area contributed by atoms with Crippen LogP contribution < -0.4 is 0 Å². The summed E-state index contributed by atoms with van der Waals surface area (Å²) >= 11 is 0. The number of amides is 2. The SMILES string of the molecule is CCc1c[nH]c(C(=O)N2CCN(C(=O)c3ccccc3CC#N)CC23CCC3)c1. The second kappa shape index (κ2) is 7.75. The van der Waals surface area contributed by atoms with Gasteiger partial charge in [0.25, 0.3) is 11.8 Å². The number of carbonyl (C=O) groups excluding carboxylic acids is 2. The molecule has 6 heteroatoms. The minimum Gasteiger partial charge on any atom is -0.357 e. The van der Waals surface area contributed by atoms with E-state index < -0.39 is 0 Å². The molecule has 1 saturated carbocycles. The number of nitriles is 1. The summed E-state index contributed by atoms with van der Waals surface area (Å²) in [6.45, 7) is 3.67. The van der Waals surface area contributed by atoms with E-state index in [2.05, 4.69) is 18.0 Å². The molecule has 0 radical (unpaired) electrons. The first-order valence-electron chi connectivity index (χ1n) is 10.3. The van der Waals surface area contributed by atoms with Crippen LogP contribution in [0.2, 0.25) is 0 Å². The van der Waals surface area contributed by atoms with Gasteiger partial charge in [-0.3, -0.25) is 9.59 Å². The zero-order valence-electron chi connectivity index (χ0n) is 16.8. The Morgan fingerprint density at radius 2 is 2.00 bits per heavy atom. The van der Waals surface area contributed by atoms with Crippen LogP contribution in [0, 0.1) is 11.3 Å². The first-order valence-corrected chi connectivity index (χ1v) is 10.3. The number of aryl methyl sites for hydroxylation is 1. The fourth-order valence-corrected chi connectivity index (χ4v) is 4.53. The topological polar surface area (TPSA) is 80.2 Å². The number of piperazine rings is 1. The van der Waals surface area contributed by atoms with Gasteiger partial charge in [0.15, 0.2) is 0 Å². The minimum atomic E-state index is -0.271. The van der Waals surface area contributed by atoms with Gasteiger partial charge in [-0.05, 0) is 48.9 Å². The summed E-state index contributed by atoms with van der Waals surface area (Å²) in [6.07, 6.45) is 5.92. The Hall–Kier alpha value is -3.07. The number of H-pyrrole nitrogens is 1. The Balaban J connectivity index is 1.54. The smallest absolute Gasteiger partial charge is 0.270 e. The molecule has 1 aliphatic carbocycles. The van der Waals surface area contributed by atoms with Crippen molar-refractivity contribution in [2.24, 2.45) is 0 Å². The maximum Gasteiger partial charge on any atom is 0.270 e. The maximum absolute atomic E-state index is 13.2. The maximum atomic E-state index is 13.2. The molecule has 0 atom stereocenters. The van der Waals surface area contributed by atoms with Crippen molar-refractivity contribution in [2.75, 3.05) is 19.6 Å². The van der Waals surface area contributed by atoms with Crippen molar-refractivity contribution in [1.82, 2.24) is 14.8 Å². The Bertz CT molecular complexity index is 967. The number of nitrogens with one attached hydrogen (secondary N) is 1. The number of rotatable bonds is 4. The molecule has 1 aromatic carbocycles. The van der Waals surface area contributed by atoms with Crippen molar-refractivity contribution in [3.05, 3.63) is 58.9 Å².